The molecule has 1 aromatic carbocycles. The number of rotatable bonds is 15. The van der Waals surface area contributed by atoms with Gasteiger partial charge in [-0.25, -0.2) is 0 Å². The molecule has 2 rings (SSSR count). The first-order chi connectivity index (χ1) is 16.0. The van der Waals surface area contributed by atoms with Crippen molar-refractivity contribution in [3.63, 3.8) is 0 Å². The second kappa shape index (κ2) is 14.5. The number of esters is 1. The van der Waals surface area contributed by atoms with E-state index in [0.29, 0.717) is 39.3 Å². The average Bonchev–Trinajstić information content (AvgIpc) is 3.23. The van der Waals surface area contributed by atoms with E-state index in [2.05, 4.69) is 12.1 Å². The zero-order valence-corrected chi connectivity index (χ0v) is 20.4. The fraction of sp³-hybridized carbons (Fsp3) is 0.538. The molecule has 1 atom stereocenters. The minimum Gasteiger partial charge on any atom is -0.465 e. The predicted molar refractivity (Wildman–Crippen MR) is 128 cm³/mol. The lowest BCUT2D eigenvalue weighted by Crippen LogP contribution is -2.49. The first-order valence-corrected chi connectivity index (χ1v) is 11.7. The molecule has 1 heterocycles. The van der Waals surface area contributed by atoms with Crippen LogP contribution in [0.3, 0.4) is 0 Å². The molecule has 0 saturated carbocycles. The average molecular weight is 459 g/mol. The van der Waals surface area contributed by atoms with Gasteiger partial charge >= 0.3 is 5.97 Å². The maximum atomic E-state index is 13.5. The number of benzene rings is 1. The molecule has 0 aliphatic rings. The molecule has 182 valence electrons. The predicted octanol–water partition coefficient (Wildman–Crippen LogP) is 3.84. The number of ether oxygens (including phenoxy) is 2. The number of aryl methyl sites for hydroxylation is 1. The van der Waals surface area contributed by atoms with Crippen LogP contribution in [0.5, 0.6) is 0 Å². The highest BCUT2D eigenvalue weighted by Gasteiger charge is 2.29. The van der Waals surface area contributed by atoms with Gasteiger partial charge in [-0.3, -0.25) is 14.5 Å². The van der Waals surface area contributed by atoms with Gasteiger partial charge < -0.3 is 18.8 Å². The van der Waals surface area contributed by atoms with E-state index in [9.17, 15) is 9.59 Å². The van der Waals surface area contributed by atoms with Crippen molar-refractivity contribution in [2.75, 3.05) is 40.0 Å². The van der Waals surface area contributed by atoms with E-state index in [1.807, 2.05) is 49.1 Å². The van der Waals surface area contributed by atoms with E-state index in [4.69, 9.17) is 13.9 Å². The van der Waals surface area contributed by atoms with Gasteiger partial charge in [-0.1, -0.05) is 43.7 Å². The van der Waals surface area contributed by atoms with Crippen LogP contribution in [0.1, 0.15) is 43.8 Å². The van der Waals surface area contributed by atoms with Gasteiger partial charge in [-0.05, 0) is 44.4 Å². The van der Waals surface area contributed by atoms with Gasteiger partial charge in [-0.15, -0.1) is 0 Å². The van der Waals surface area contributed by atoms with Gasteiger partial charge in [0.25, 0.3) is 0 Å². The summed E-state index contributed by atoms with van der Waals surface area (Å²) >= 11 is 0. The highest BCUT2D eigenvalue weighted by atomic mass is 16.5. The minimum absolute atomic E-state index is 0.0542. The Morgan fingerprint density at radius 3 is 2.42 bits per heavy atom. The van der Waals surface area contributed by atoms with Crippen molar-refractivity contribution >= 4 is 11.9 Å². The number of furan rings is 1. The Morgan fingerprint density at radius 2 is 1.82 bits per heavy atom. The summed E-state index contributed by atoms with van der Waals surface area (Å²) in [4.78, 5) is 29.8. The Labute approximate surface area is 197 Å². The Hall–Kier alpha value is -2.64. The van der Waals surface area contributed by atoms with Crippen LogP contribution in [-0.4, -0.2) is 67.7 Å². The fourth-order valence-corrected chi connectivity index (χ4v) is 3.75. The summed E-state index contributed by atoms with van der Waals surface area (Å²) in [5.41, 5.74) is 1.16. The van der Waals surface area contributed by atoms with Gasteiger partial charge in [0, 0.05) is 20.2 Å². The first kappa shape index (κ1) is 26.6. The third-order valence-electron chi connectivity index (χ3n) is 5.49. The Kier molecular flexibility index (Phi) is 11.7. The molecule has 2 aromatic rings. The molecule has 0 radical (unpaired) electrons. The summed E-state index contributed by atoms with van der Waals surface area (Å²) in [5.74, 6) is 1.21. The summed E-state index contributed by atoms with van der Waals surface area (Å²) in [6.07, 6.45) is 2.17. The van der Waals surface area contributed by atoms with Gasteiger partial charge in [0.2, 0.25) is 5.91 Å². The molecule has 0 aliphatic carbocycles. The molecule has 1 amide bonds. The quantitative estimate of drug-likeness (QED) is 0.378. The zero-order valence-electron chi connectivity index (χ0n) is 20.4. The molecule has 0 saturated heterocycles. The van der Waals surface area contributed by atoms with Crippen LogP contribution in [0.15, 0.2) is 46.9 Å². The van der Waals surface area contributed by atoms with Gasteiger partial charge in [-0.2, -0.15) is 0 Å². The van der Waals surface area contributed by atoms with Crippen LogP contribution in [0.25, 0.3) is 0 Å². The number of nitrogens with zero attached hydrogens (tertiary/aromatic N) is 2. The number of hydrogen-bond donors (Lipinski definition) is 0. The molecule has 0 unspecified atom stereocenters. The topological polar surface area (TPSA) is 72.2 Å². The van der Waals surface area contributed by atoms with Gasteiger partial charge in [0.05, 0.1) is 26.3 Å². The highest BCUT2D eigenvalue weighted by Crippen LogP contribution is 2.14. The van der Waals surface area contributed by atoms with E-state index >= 15 is 0 Å². The van der Waals surface area contributed by atoms with Crippen molar-refractivity contribution in [2.24, 2.45) is 0 Å². The molecular formula is C26H38N2O5. The molecule has 0 N–H and O–H groups in total. The number of methoxy groups -OCH3 is 1. The van der Waals surface area contributed by atoms with Gasteiger partial charge in [0.1, 0.15) is 17.6 Å². The lowest BCUT2D eigenvalue weighted by molar-refractivity contribution is -0.151. The molecule has 33 heavy (non-hydrogen) atoms. The molecule has 7 heteroatoms. The number of amides is 1. The van der Waals surface area contributed by atoms with E-state index in [0.717, 1.165) is 29.9 Å². The van der Waals surface area contributed by atoms with Crippen molar-refractivity contribution < 1.29 is 23.5 Å². The second-order valence-electron chi connectivity index (χ2n) is 8.08. The van der Waals surface area contributed by atoms with Crippen LogP contribution in [0.2, 0.25) is 0 Å². The lowest BCUT2D eigenvalue weighted by Gasteiger charge is -2.31. The fourth-order valence-electron chi connectivity index (χ4n) is 3.75. The summed E-state index contributed by atoms with van der Waals surface area (Å²) < 4.78 is 16.3. The summed E-state index contributed by atoms with van der Waals surface area (Å²) in [5, 5.41) is 0. The van der Waals surface area contributed by atoms with Crippen molar-refractivity contribution in [2.45, 2.75) is 52.6 Å². The molecule has 7 nitrogen and oxygen atoms in total. The SMILES string of the molecule is CCC[C@@H](C(=O)OCC)N(CCOC)CC(=O)N(CCc1ccccc1)Cc1ccc(C)o1. The molecule has 1 aromatic heterocycles. The largest absolute Gasteiger partial charge is 0.465 e. The molecule has 0 spiro atoms. The molecule has 0 aliphatic heterocycles. The molecule has 0 bridgehead atoms. The Morgan fingerprint density at radius 1 is 1.06 bits per heavy atom. The number of carbonyl (C=O) groups excluding carboxylic acids is 2. The van der Waals surface area contributed by atoms with E-state index in [-0.39, 0.29) is 18.4 Å². The summed E-state index contributed by atoms with van der Waals surface area (Å²) in [6.45, 7) is 7.96. The highest BCUT2D eigenvalue weighted by molar-refractivity contribution is 5.80. The van der Waals surface area contributed by atoms with Crippen molar-refractivity contribution in [1.29, 1.82) is 0 Å². The first-order valence-electron chi connectivity index (χ1n) is 11.7. The number of carbonyl (C=O) groups is 2. The van der Waals surface area contributed by atoms with Crippen LogP contribution < -0.4 is 0 Å². The van der Waals surface area contributed by atoms with E-state index in [1.165, 1.54) is 0 Å². The van der Waals surface area contributed by atoms with Crippen LogP contribution in [0.4, 0.5) is 0 Å². The zero-order chi connectivity index (χ0) is 24.1. The molecule has 0 fully saturated rings. The summed E-state index contributed by atoms with van der Waals surface area (Å²) in [6, 6.07) is 13.4. The van der Waals surface area contributed by atoms with E-state index < -0.39 is 6.04 Å². The third-order valence-corrected chi connectivity index (χ3v) is 5.49. The van der Waals surface area contributed by atoms with Crippen molar-refractivity contribution in [3.8, 4) is 0 Å². The van der Waals surface area contributed by atoms with Gasteiger partial charge in [0.15, 0.2) is 0 Å². The monoisotopic (exact) mass is 458 g/mol. The molecular weight excluding hydrogens is 420 g/mol. The van der Waals surface area contributed by atoms with Crippen LogP contribution in [0, 0.1) is 6.92 Å². The van der Waals surface area contributed by atoms with E-state index in [1.54, 1.807) is 18.9 Å². The minimum atomic E-state index is -0.476. The second-order valence-corrected chi connectivity index (χ2v) is 8.08. The lowest BCUT2D eigenvalue weighted by atomic mass is 10.1. The standard InChI is InChI=1S/C26H38N2O5/c1-5-10-24(26(30)32-6-2)27(17-18-31-4)20-25(29)28(19-23-14-13-21(3)33-23)16-15-22-11-8-7-9-12-22/h7-9,11-14,24H,5-6,10,15-20H2,1-4H3/t24-/m0/s1. The third kappa shape index (κ3) is 9.02. The van der Waals surface area contributed by atoms with Crippen molar-refractivity contribution in [1.82, 2.24) is 9.80 Å². The Bertz CT molecular complexity index is 836. The number of hydrogen-bond acceptors (Lipinski definition) is 6. The van der Waals surface area contributed by atoms with Crippen LogP contribution in [-0.2, 0) is 32.0 Å². The maximum absolute atomic E-state index is 13.5. The smallest absolute Gasteiger partial charge is 0.323 e. The van der Waals surface area contributed by atoms with Crippen LogP contribution >= 0.6 is 0 Å². The summed E-state index contributed by atoms with van der Waals surface area (Å²) in [7, 11) is 1.62. The Balaban J connectivity index is 2.18. The maximum Gasteiger partial charge on any atom is 0.323 e. The normalized spacial score (nSPS) is 12.0. The van der Waals surface area contributed by atoms with Crippen molar-refractivity contribution in [3.05, 3.63) is 59.5 Å².